The Hall–Kier alpha value is -0.160. The smallest absolute Gasteiger partial charge is 0.0521 e. The molecule has 3 aliphatic heterocycles. The molecule has 3 heterocycles. The number of rotatable bonds is 6. The first kappa shape index (κ1) is 15.7. The summed E-state index contributed by atoms with van der Waals surface area (Å²) in [4.78, 5) is 5.42. The first-order valence-electron chi connectivity index (χ1n) is 9.14. The lowest BCUT2D eigenvalue weighted by atomic mass is 9.95. The molecule has 4 nitrogen and oxygen atoms in total. The average molecular weight is 295 g/mol. The van der Waals surface area contributed by atoms with E-state index < -0.39 is 0 Å². The molecule has 0 saturated carbocycles. The third-order valence-electron chi connectivity index (χ3n) is 5.53. The lowest BCUT2D eigenvalue weighted by Gasteiger charge is -2.35. The maximum absolute atomic E-state index is 5.75. The minimum absolute atomic E-state index is 0.671. The van der Waals surface area contributed by atoms with Gasteiger partial charge in [-0.15, -0.1) is 0 Å². The molecule has 3 aliphatic rings. The van der Waals surface area contributed by atoms with Crippen molar-refractivity contribution in [2.24, 2.45) is 5.92 Å². The van der Waals surface area contributed by atoms with Crippen LogP contribution in [0.3, 0.4) is 0 Å². The Kier molecular flexibility index (Phi) is 5.92. The van der Waals surface area contributed by atoms with E-state index in [4.69, 9.17) is 4.74 Å². The number of hydrogen-bond donors (Lipinski definition) is 1. The van der Waals surface area contributed by atoms with Crippen LogP contribution in [-0.4, -0.2) is 74.4 Å². The van der Waals surface area contributed by atoms with Crippen molar-refractivity contribution < 1.29 is 4.74 Å². The van der Waals surface area contributed by atoms with E-state index >= 15 is 0 Å². The minimum atomic E-state index is 0.671. The van der Waals surface area contributed by atoms with E-state index in [-0.39, 0.29) is 0 Å². The van der Waals surface area contributed by atoms with Gasteiger partial charge in [0.05, 0.1) is 6.61 Å². The molecule has 0 amide bonds. The van der Waals surface area contributed by atoms with Crippen molar-refractivity contribution in [1.29, 1.82) is 0 Å². The van der Waals surface area contributed by atoms with Crippen LogP contribution in [0.1, 0.15) is 39.0 Å². The predicted octanol–water partition coefficient (Wildman–Crippen LogP) is 1.56. The van der Waals surface area contributed by atoms with Crippen molar-refractivity contribution in [3.8, 4) is 0 Å². The number of likely N-dealkylation sites (tertiary alicyclic amines) is 2. The van der Waals surface area contributed by atoms with E-state index in [1.165, 1.54) is 64.8 Å². The van der Waals surface area contributed by atoms with Crippen LogP contribution in [0.2, 0.25) is 0 Å². The van der Waals surface area contributed by atoms with Gasteiger partial charge < -0.3 is 15.0 Å². The summed E-state index contributed by atoms with van der Waals surface area (Å²) in [5.74, 6) is 0.683. The second kappa shape index (κ2) is 7.91. The summed E-state index contributed by atoms with van der Waals surface area (Å²) >= 11 is 0. The standard InChI is InChI=1S/C17H33N3O/c1-2-7-18-17-6-11-21-14-15(17)12-19-10-5-16(13-19)20-8-3-4-9-20/h15-18H,2-14H2,1H3. The summed E-state index contributed by atoms with van der Waals surface area (Å²) in [5, 5.41) is 3.74. The van der Waals surface area contributed by atoms with Crippen molar-refractivity contribution in [2.45, 2.75) is 51.1 Å². The Morgan fingerprint density at radius 1 is 1.14 bits per heavy atom. The molecule has 4 heteroatoms. The van der Waals surface area contributed by atoms with Crippen molar-refractivity contribution >= 4 is 0 Å². The maximum atomic E-state index is 5.75. The van der Waals surface area contributed by atoms with E-state index in [1.54, 1.807) is 0 Å². The second-order valence-electron chi connectivity index (χ2n) is 7.13. The molecule has 3 atom stereocenters. The highest BCUT2D eigenvalue weighted by Crippen LogP contribution is 2.23. The molecule has 3 rings (SSSR count). The monoisotopic (exact) mass is 295 g/mol. The molecular formula is C17H33N3O. The fourth-order valence-corrected chi connectivity index (χ4v) is 4.29. The van der Waals surface area contributed by atoms with Gasteiger partial charge in [-0.3, -0.25) is 4.90 Å². The van der Waals surface area contributed by atoms with Crippen LogP contribution in [0.4, 0.5) is 0 Å². The number of hydrogen-bond acceptors (Lipinski definition) is 4. The molecule has 3 fully saturated rings. The van der Waals surface area contributed by atoms with Gasteiger partial charge in [0.25, 0.3) is 0 Å². The Bertz CT molecular complexity index is 306. The molecule has 0 aliphatic carbocycles. The molecule has 0 aromatic carbocycles. The highest BCUT2D eigenvalue weighted by Gasteiger charge is 2.33. The van der Waals surface area contributed by atoms with Crippen molar-refractivity contribution in [1.82, 2.24) is 15.1 Å². The van der Waals surface area contributed by atoms with Gasteiger partial charge in [0.1, 0.15) is 0 Å². The SMILES string of the molecule is CCCNC1CCOCC1CN1CCC(N2CCCC2)C1. The summed E-state index contributed by atoms with van der Waals surface area (Å²) < 4.78 is 5.75. The van der Waals surface area contributed by atoms with Gasteiger partial charge in [-0.1, -0.05) is 6.92 Å². The Labute approximate surface area is 130 Å². The molecule has 122 valence electrons. The number of ether oxygens (including phenoxy) is 1. The van der Waals surface area contributed by atoms with Crippen LogP contribution in [0.5, 0.6) is 0 Å². The first-order valence-corrected chi connectivity index (χ1v) is 9.14. The molecule has 0 radical (unpaired) electrons. The summed E-state index contributed by atoms with van der Waals surface area (Å²) in [6.45, 7) is 11.8. The van der Waals surface area contributed by atoms with Gasteiger partial charge in [0.2, 0.25) is 0 Å². The zero-order chi connectivity index (χ0) is 14.5. The van der Waals surface area contributed by atoms with Crippen LogP contribution in [-0.2, 0) is 4.74 Å². The molecule has 0 aromatic heterocycles. The van der Waals surface area contributed by atoms with E-state index in [1.807, 2.05) is 0 Å². The number of nitrogens with one attached hydrogen (secondary N) is 1. The summed E-state index contributed by atoms with van der Waals surface area (Å²) in [6, 6.07) is 1.50. The minimum Gasteiger partial charge on any atom is -0.381 e. The molecular weight excluding hydrogens is 262 g/mol. The lowest BCUT2D eigenvalue weighted by molar-refractivity contribution is 0.0188. The molecule has 1 N–H and O–H groups in total. The summed E-state index contributed by atoms with van der Waals surface area (Å²) in [5.41, 5.74) is 0. The predicted molar refractivity (Wildman–Crippen MR) is 86.7 cm³/mol. The summed E-state index contributed by atoms with van der Waals surface area (Å²) in [7, 11) is 0. The zero-order valence-corrected chi connectivity index (χ0v) is 13.7. The van der Waals surface area contributed by atoms with E-state index in [2.05, 4.69) is 22.0 Å². The van der Waals surface area contributed by atoms with Gasteiger partial charge in [-0.2, -0.15) is 0 Å². The molecule has 21 heavy (non-hydrogen) atoms. The maximum Gasteiger partial charge on any atom is 0.0521 e. The topological polar surface area (TPSA) is 27.7 Å². The van der Waals surface area contributed by atoms with Crippen molar-refractivity contribution in [3.05, 3.63) is 0 Å². The normalized spacial score (nSPS) is 35.6. The number of nitrogens with zero attached hydrogens (tertiary/aromatic N) is 2. The first-order chi connectivity index (χ1) is 10.4. The second-order valence-corrected chi connectivity index (χ2v) is 7.13. The fourth-order valence-electron chi connectivity index (χ4n) is 4.29. The third kappa shape index (κ3) is 4.19. The van der Waals surface area contributed by atoms with E-state index in [9.17, 15) is 0 Å². The Balaban J connectivity index is 1.46. The van der Waals surface area contributed by atoms with Gasteiger partial charge in [-0.05, 0) is 58.3 Å². The van der Waals surface area contributed by atoms with Crippen LogP contribution in [0, 0.1) is 5.92 Å². The molecule has 3 saturated heterocycles. The zero-order valence-electron chi connectivity index (χ0n) is 13.7. The quantitative estimate of drug-likeness (QED) is 0.805. The largest absolute Gasteiger partial charge is 0.381 e. The van der Waals surface area contributed by atoms with Crippen LogP contribution < -0.4 is 5.32 Å². The Morgan fingerprint density at radius 2 is 2.00 bits per heavy atom. The molecule has 3 unspecified atom stereocenters. The Morgan fingerprint density at radius 3 is 2.81 bits per heavy atom. The average Bonchev–Trinajstić information content (AvgIpc) is 3.17. The molecule has 0 spiro atoms. The fraction of sp³-hybridized carbons (Fsp3) is 1.00. The van der Waals surface area contributed by atoms with Gasteiger partial charge in [0.15, 0.2) is 0 Å². The van der Waals surface area contributed by atoms with Gasteiger partial charge in [-0.25, -0.2) is 0 Å². The highest BCUT2D eigenvalue weighted by molar-refractivity contribution is 4.89. The molecule has 0 aromatic rings. The van der Waals surface area contributed by atoms with Crippen LogP contribution in [0.25, 0.3) is 0 Å². The van der Waals surface area contributed by atoms with Crippen LogP contribution >= 0.6 is 0 Å². The van der Waals surface area contributed by atoms with Gasteiger partial charge >= 0.3 is 0 Å². The van der Waals surface area contributed by atoms with Crippen molar-refractivity contribution in [3.63, 3.8) is 0 Å². The van der Waals surface area contributed by atoms with Crippen LogP contribution in [0.15, 0.2) is 0 Å². The highest BCUT2D eigenvalue weighted by atomic mass is 16.5. The van der Waals surface area contributed by atoms with E-state index in [0.717, 1.165) is 25.8 Å². The van der Waals surface area contributed by atoms with Gasteiger partial charge in [0, 0.05) is 37.7 Å². The lowest BCUT2D eigenvalue weighted by Crippen LogP contribution is -2.48. The van der Waals surface area contributed by atoms with E-state index in [0.29, 0.717) is 12.0 Å². The molecule has 0 bridgehead atoms. The van der Waals surface area contributed by atoms with Crippen molar-refractivity contribution in [2.75, 3.05) is 52.5 Å². The summed E-state index contributed by atoms with van der Waals surface area (Å²) in [6.07, 6.45) is 6.62. The third-order valence-corrected chi connectivity index (χ3v) is 5.53.